The first-order valence-corrected chi connectivity index (χ1v) is 7.96. The Bertz CT molecular complexity index is 660. The van der Waals surface area contributed by atoms with Gasteiger partial charge in [0, 0.05) is 11.9 Å². The van der Waals surface area contributed by atoms with Crippen molar-refractivity contribution in [3.8, 4) is 0 Å². The maximum absolute atomic E-state index is 12.4. The highest BCUT2D eigenvalue weighted by atomic mass is 35.6. The molecule has 1 heterocycles. The number of hydrogen-bond donors (Lipinski definition) is 0. The molecule has 0 saturated heterocycles. The second-order valence-corrected chi connectivity index (χ2v) is 7.43. The van der Waals surface area contributed by atoms with E-state index in [-0.39, 0.29) is 13.2 Å². The summed E-state index contributed by atoms with van der Waals surface area (Å²) in [6.07, 6.45) is 1.06. The van der Waals surface area contributed by atoms with Crippen molar-refractivity contribution in [2.24, 2.45) is 0 Å². The largest absolute Gasteiger partial charge is 0.445 e. The molecular formula is C16H15Cl3N2O2. The number of nitrogens with zero attached hydrogens (tertiary/aromatic N) is 2. The van der Waals surface area contributed by atoms with E-state index in [1.54, 1.807) is 6.20 Å². The molecule has 0 N–H and O–H groups in total. The summed E-state index contributed by atoms with van der Waals surface area (Å²) in [6, 6.07) is 13.0. The molecule has 1 aromatic heterocycles. The van der Waals surface area contributed by atoms with Crippen LogP contribution < -0.4 is 4.90 Å². The van der Waals surface area contributed by atoms with Gasteiger partial charge in [-0.1, -0.05) is 53.0 Å². The van der Waals surface area contributed by atoms with E-state index in [4.69, 9.17) is 39.5 Å². The topological polar surface area (TPSA) is 42.4 Å². The summed E-state index contributed by atoms with van der Waals surface area (Å²) in [7, 11) is 0. The fraction of sp³-hybridized carbons (Fsp3) is 0.250. The molecule has 0 fully saturated rings. The van der Waals surface area contributed by atoms with Crippen molar-refractivity contribution in [1.29, 1.82) is 0 Å². The van der Waals surface area contributed by atoms with Gasteiger partial charge in [-0.05, 0) is 36.8 Å². The number of benzene rings is 1. The minimum Gasteiger partial charge on any atom is -0.445 e. The van der Waals surface area contributed by atoms with E-state index in [2.05, 4.69) is 4.98 Å². The van der Waals surface area contributed by atoms with E-state index in [1.165, 1.54) is 4.90 Å². The molecular weight excluding hydrogens is 359 g/mol. The van der Waals surface area contributed by atoms with Crippen LogP contribution in [0, 0.1) is 6.92 Å². The molecule has 0 aliphatic rings. The Morgan fingerprint density at radius 2 is 2.00 bits per heavy atom. The van der Waals surface area contributed by atoms with Crippen molar-refractivity contribution in [1.82, 2.24) is 4.98 Å². The lowest BCUT2D eigenvalue weighted by Gasteiger charge is -2.23. The van der Waals surface area contributed by atoms with Gasteiger partial charge in [0.25, 0.3) is 0 Å². The smallest absolute Gasteiger partial charge is 0.414 e. The lowest BCUT2D eigenvalue weighted by atomic mass is 10.2. The number of alkyl halides is 3. The van der Waals surface area contributed by atoms with E-state index in [0.717, 1.165) is 11.3 Å². The Morgan fingerprint density at radius 1 is 1.22 bits per heavy atom. The van der Waals surface area contributed by atoms with Crippen molar-refractivity contribution >= 4 is 46.6 Å². The molecule has 0 atom stereocenters. The summed E-state index contributed by atoms with van der Waals surface area (Å²) in [6.45, 7) is 1.86. The lowest BCUT2D eigenvalue weighted by molar-refractivity contribution is 0.155. The summed E-state index contributed by atoms with van der Waals surface area (Å²) < 4.78 is 3.44. The van der Waals surface area contributed by atoms with Crippen LogP contribution in [0.5, 0.6) is 0 Å². The fourth-order valence-corrected chi connectivity index (χ4v) is 2.10. The Labute approximate surface area is 149 Å². The first kappa shape index (κ1) is 17.9. The average Bonchev–Trinajstić information content (AvgIpc) is 2.50. The van der Waals surface area contributed by atoms with Crippen molar-refractivity contribution in [3.05, 3.63) is 59.9 Å². The van der Waals surface area contributed by atoms with E-state index < -0.39 is 9.89 Å². The first-order chi connectivity index (χ1) is 10.8. The molecule has 0 aliphatic carbocycles. The van der Waals surface area contributed by atoms with Gasteiger partial charge in [-0.15, -0.1) is 0 Å². The van der Waals surface area contributed by atoms with Crippen LogP contribution in [0.2, 0.25) is 0 Å². The molecule has 0 spiro atoms. The Hall–Kier alpha value is -1.49. The van der Waals surface area contributed by atoms with Crippen molar-refractivity contribution in [2.75, 3.05) is 11.5 Å². The number of hydrogen-bond acceptors (Lipinski definition) is 3. The predicted octanol–water partition coefficient (Wildman–Crippen LogP) is 4.90. The quantitative estimate of drug-likeness (QED) is 0.716. The second-order valence-electron chi connectivity index (χ2n) is 4.92. The molecule has 23 heavy (non-hydrogen) atoms. The highest BCUT2D eigenvalue weighted by molar-refractivity contribution is 6.67. The van der Waals surface area contributed by atoms with Gasteiger partial charge in [0.05, 0.1) is 12.2 Å². The molecule has 2 rings (SSSR count). The van der Waals surface area contributed by atoms with Crippen molar-refractivity contribution < 1.29 is 9.53 Å². The number of aryl methyl sites for hydroxylation is 1. The third-order valence-electron chi connectivity index (χ3n) is 2.94. The molecule has 0 saturated carbocycles. The molecule has 0 unspecified atom stereocenters. The maximum atomic E-state index is 12.4. The SMILES string of the molecule is Cc1cccc(N(Cc2ccccn2)C(=O)OCC(Cl)(Cl)Cl)c1. The fourth-order valence-electron chi connectivity index (χ4n) is 1.93. The maximum Gasteiger partial charge on any atom is 0.414 e. The van der Waals surface area contributed by atoms with Crippen LogP contribution in [0.15, 0.2) is 48.7 Å². The molecule has 4 nitrogen and oxygen atoms in total. The number of amides is 1. The normalized spacial score (nSPS) is 11.1. The van der Waals surface area contributed by atoms with E-state index in [1.807, 2.05) is 49.4 Å². The highest BCUT2D eigenvalue weighted by Crippen LogP contribution is 2.27. The summed E-state index contributed by atoms with van der Waals surface area (Å²) in [4.78, 5) is 18.1. The summed E-state index contributed by atoms with van der Waals surface area (Å²) in [5.74, 6) is 0. The van der Waals surface area contributed by atoms with Gasteiger partial charge < -0.3 is 4.74 Å². The van der Waals surface area contributed by atoms with Crippen molar-refractivity contribution in [3.63, 3.8) is 0 Å². The third-order valence-corrected chi connectivity index (χ3v) is 3.27. The standard InChI is InChI=1S/C16H15Cl3N2O2/c1-12-5-4-7-14(9-12)21(10-13-6-2-3-8-20-13)15(22)23-11-16(17,18)19/h2-9H,10-11H2,1H3. The van der Waals surface area contributed by atoms with Crippen LogP contribution in [0.25, 0.3) is 0 Å². The zero-order valence-corrected chi connectivity index (χ0v) is 14.6. The number of anilines is 1. The molecule has 0 bridgehead atoms. The van der Waals surface area contributed by atoms with Crippen LogP contribution in [-0.2, 0) is 11.3 Å². The molecule has 7 heteroatoms. The summed E-state index contributed by atoms with van der Waals surface area (Å²) in [5.41, 5.74) is 2.42. The Morgan fingerprint density at radius 3 is 2.61 bits per heavy atom. The zero-order valence-electron chi connectivity index (χ0n) is 12.4. The lowest BCUT2D eigenvalue weighted by Crippen LogP contribution is -2.33. The Balaban J connectivity index is 2.22. The number of ether oxygens (including phenoxy) is 1. The molecule has 1 amide bonds. The number of aromatic nitrogens is 1. The van der Waals surface area contributed by atoms with E-state index in [9.17, 15) is 4.79 Å². The van der Waals surface area contributed by atoms with Gasteiger partial charge >= 0.3 is 6.09 Å². The molecule has 0 aliphatic heterocycles. The second kappa shape index (κ2) is 7.86. The van der Waals surface area contributed by atoms with Crippen LogP contribution in [0.1, 0.15) is 11.3 Å². The van der Waals surface area contributed by atoms with Gasteiger partial charge in [0.2, 0.25) is 3.79 Å². The number of pyridine rings is 1. The minimum absolute atomic E-state index is 0.253. The number of rotatable bonds is 4. The zero-order chi connectivity index (χ0) is 16.9. The van der Waals surface area contributed by atoms with Gasteiger partial charge in [0.1, 0.15) is 6.61 Å². The van der Waals surface area contributed by atoms with Crippen molar-refractivity contribution in [2.45, 2.75) is 17.3 Å². The van der Waals surface area contributed by atoms with Crippen LogP contribution >= 0.6 is 34.8 Å². The molecule has 1 aromatic carbocycles. The van der Waals surface area contributed by atoms with Crippen LogP contribution in [-0.4, -0.2) is 21.5 Å². The van der Waals surface area contributed by atoms with Gasteiger partial charge in [-0.2, -0.15) is 0 Å². The van der Waals surface area contributed by atoms with E-state index in [0.29, 0.717) is 5.69 Å². The average molecular weight is 374 g/mol. The van der Waals surface area contributed by atoms with Gasteiger partial charge in [0.15, 0.2) is 0 Å². The summed E-state index contributed by atoms with van der Waals surface area (Å²) in [5, 5.41) is 0. The van der Waals surface area contributed by atoms with Crippen LogP contribution in [0.4, 0.5) is 10.5 Å². The number of halogens is 3. The minimum atomic E-state index is -1.65. The predicted molar refractivity (Wildman–Crippen MR) is 93.2 cm³/mol. The number of carbonyl (C=O) groups excluding carboxylic acids is 1. The van der Waals surface area contributed by atoms with E-state index >= 15 is 0 Å². The first-order valence-electron chi connectivity index (χ1n) is 6.83. The van der Waals surface area contributed by atoms with Gasteiger partial charge in [-0.3, -0.25) is 9.88 Å². The number of carbonyl (C=O) groups is 1. The van der Waals surface area contributed by atoms with Crippen LogP contribution in [0.3, 0.4) is 0 Å². The molecule has 122 valence electrons. The molecule has 2 aromatic rings. The monoisotopic (exact) mass is 372 g/mol. The van der Waals surface area contributed by atoms with Gasteiger partial charge in [-0.25, -0.2) is 4.79 Å². The summed E-state index contributed by atoms with van der Waals surface area (Å²) >= 11 is 16.9. The highest BCUT2D eigenvalue weighted by Gasteiger charge is 2.25. The molecule has 0 radical (unpaired) electrons. The third kappa shape index (κ3) is 5.90. The Kier molecular flexibility index (Phi) is 6.10.